The van der Waals surface area contributed by atoms with Crippen LogP contribution in [0.15, 0.2) is 10.2 Å². The normalized spacial score (nSPS) is 37.5. The quantitative estimate of drug-likeness (QED) is 0.564. The van der Waals surface area contributed by atoms with Crippen molar-refractivity contribution in [1.82, 2.24) is 0 Å². The van der Waals surface area contributed by atoms with Gasteiger partial charge in [-0.2, -0.15) is 10.2 Å². The molecule has 1 heterocycles. The minimum Gasteiger partial charge on any atom is -0.328 e. The molecule has 3 nitrogen and oxygen atoms in total. The van der Waals surface area contributed by atoms with Gasteiger partial charge >= 0.3 is 0 Å². The first kappa shape index (κ1) is 6.04. The molecule has 1 aliphatic heterocycles. The molecule has 0 aromatic heterocycles. The van der Waals surface area contributed by atoms with E-state index in [1.54, 1.807) is 0 Å². The van der Waals surface area contributed by atoms with Crippen molar-refractivity contribution >= 4 is 11.9 Å². The van der Waals surface area contributed by atoms with Gasteiger partial charge in [0.15, 0.2) is 0 Å². The van der Waals surface area contributed by atoms with Crippen molar-refractivity contribution < 1.29 is 0 Å². The molecule has 0 bridgehead atoms. The number of nitrogens with zero attached hydrogens (tertiary/aromatic N) is 2. The summed E-state index contributed by atoms with van der Waals surface area (Å²) in [5.74, 6) is 0.650. The molecule has 1 fully saturated rings. The number of nitrogens with two attached hydrogens (primary N) is 1. The Morgan fingerprint density at radius 2 is 2.30 bits per heavy atom. The van der Waals surface area contributed by atoms with Gasteiger partial charge in [0.1, 0.15) is 0 Å². The molecule has 0 amide bonds. The Balaban J connectivity index is 1.91. The predicted octanol–water partition coefficient (Wildman–Crippen LogP) is 0.554. The molecule has 0 spiro atoms. The maximum atomic E-state index is 5.64. The van der Waals surface area contributed by atoms with E-state index in [1.807, 2.05) is 6.21 Å². The third-order valence-corrected chi connectivity index (χ3v) is 2.21. The van der Waals surface area contributed by atoms with Crippen LogP contribution in [0, 0.1) is 5.92 Å². The first-order valence-corrected chi connectivity index (χ1v) is 3.70. The van der Waals surface area contributed by atoms with Gasteiger partial charge < -0.3 is 5.73 Å². The Bertz CT molecular complexity index is 189. The molecular weight excluding hydrogens is 126 g/mol. The van der Waals surface area contributed by atoms with E-state index in [0.29, 0.717) is 12.0 Å². The van der Waals surface area contributed by atoms with E-state index < -0.39 is 0 Å². The Morgan fingerprint density at radius 1 is 1.50 bits per heavy atom. The van der Waals surface area contributed by atoms with Gasteiger partial charge in [-0.3, -0.25) is 0 Å². The third-order valence-electron chi connectivity index (χ3n) is 2.21. The van der Waals surface area contributed by atoms with Gasteiger partial charge in [-0.05, 0) is 12.8 Å². The Kier molecular flexibility index (Phi) is 1.31. The molecule has 2 rings (SSSR count). The molecule has 0 saturated heterocycles. The molecular formula is C7H11N3. The summed E-state index contributed by atoms with van der Waals surface area (Å²) in [6.07, 6.45) is 5.04. The highest BCUT2D eigenvalue weighted by atomic mass is 15.2. The summed E-state index contributed by atoms with van der Waals surface area (Å²) in [7, 11) is 0. The first-order chi connectivity index (χ1) is 4.86. The standard InChI is InChI=1S/C7H11N3/c8-6-3-5(4-6)7-1-2-9-10-7/h2,5-6H,1,3-4,8H2. The number of rotatable bonds is 1. The van der Waals surface area contributed by atoms with Crippen molar-refractivity contribution in [3.8, 4) is 0 Å². The highest BCUT2D eigenvalue weighted by Gasteiger charge is 2.30. The molecule has 0 unspecified atom stereocenters. The molecule has 54 valence electrons. The lowest BCUT2D eigenvalue weighted by molar-refractivity contribution is 0.343. The van der Waals surface area contributed by atoms with Gasteiger partial charge in [0.05, 0.1) is 0 Å². The minimum absolute atomic E-state index is 0.424. The molecule has 1 saturated carbocycles. The second kappa shape index (κ2) is 2.16. The molecule has 1 aliphatic carbocycles. The summed E-state index contributed by atoms with van der Waals surface area (Å²) in [4.78, 5) is 0. The van der Waals surface area contributed by atoms with Crippen LogP contribution in [0.3, 0.4) is 0 Å². The first-order valence-electron chi connectivity index (χ1n) is 3.70. The molecule has 0 aromatic carbocycles. The zero-order chi connectivity index (χ0) is 6.97. The van der Waals surface area contributed by atoms with Gasteiger partial charge in [0, 0.05) is 30.3 Å². The van der Waals surface area contributed by atoms with E-state index in [2.05, 4.69) is 10.2 Å². The number of hydrogen-bond acceptors (Lipinski definition) is 3. The zero-order valence-electron chi connectivity index (χ0n) is 5.83. The highest BCUT2D eigenvalue weighted by Crippen LogP contribution is 2.28. The summed E-state index contributed by atoms with van der Waals surface area (Å²) >= 11 is 0. The maximum absolute atomic E-state index is 5.64. The molecule has 2 aliphatic rings. The van der Waals surface area contributed by atoms with E-state index in [9.17, 15) is 0 Å². The summed E-state index contributed by atoms with van der Waals surface area (Å²) in [6, 6.07) is 0.424. The maximum Gasteiger partial charge on any atom is 0.0491 e. The Hall–Kier alpha value is -0.700. The molecule has 3 heteroatoms. The van der Waals surface area contributed by atoms with Gasteiger partial charge in [-0.1, -0.05) is 0 Å². The topological polar surface area (TPSA) is 50.7 Å². The van der Waals surface area contributed by atoms with Gasteiger partial charge in [0.25, 0.3) is 0 Å². The van der Waals surface area contributed by atoms with Crippen molar-refractivity contribution in [3.63, 3.8) is 0 Å². The smallest absolute Gasteiger partial charge is 0.0491 e. The van der Waals surface area contributed by atoms with Crippen molar-refractivity contribution in [2.24, 2.45) is 21.9 Å². The van der Waals surface area contributed by atoms with Crippen LogP contribution >= 0.6 is 0 Å². The largest absolute Gasteiger partial charge is 0.328 e. The average molecular weight is 137 g/mol. The molecule has 10 heavy (non-hydrogen) atoms. The minimum atomic E-state index is 0.424. The fourth-order valence-corrected chi connectivity index (χ4v) is 1.47. The van der Waals surface area contributed by atoms with E-state index in [0.717, 1.165) is 19.3 Å². The predicted molar refractivity (Wildman–Crippen MR) is 41.2 cm³/mol. The van der Waals surface area contributed by atoms with Crippen molar-refractivity contribution in [2.75, 3.05) is 0 Å². The van der Waals surface area contributed by atoms with Crippen LogP contribution in [0.5, 0.6) is 0 Å². The molecule has 0 radical (unpaired) electrons. The van der Waals surface area contributed by atoms with Gasteiger partial charge in [-0.15, -0.1) is 0 Å². The van der Waals surface area contributed by atoms with E-state index in [-0.39, 0.29) is 0 Å². The summed E-state index contributed by atoms with van der Waals surface area (Å²) in [6.45, 7) is 0. The van der Waals surface area contributed by atoms with Crippen LogP contribution in [-0.2, 0) is 0 Å². The van der Waals surface area contributed by atoms with Crippen LogP contribution in [0.4, 0.5) is 0 Å². The monoisotopic (exact) mass is 137 g/mol. The van der Waals surface area contributed by atoms with E-state index in [1.165, 1.54) is 5.71 Å². The molecule has 0 aromatic rings. The van der Waals surface area contributed by atoms with Gasteiger partial charge in [-0.25, -0.2) is 0 Å². The second-order valence-electron chi connectivity index (χ2n) is 3.02. The second-order valence-corrected chi connectivity index (χ2v) is 3.02. The van der Waals surface area contributed by atoms with Crippen LogP contribution in [0.25, 0.3) is 0 Å². The highest BCUT2D eigenvalue weighted by molar-refractivity contribution is 6.00. The fourth-order valence-electron chi connectivity index (χ4n) is 1.47. The lowest BCUT2D eigenvalue weighted by atomic mass is 9.77. The fraction of sp³-hybridized carbons (Fsp3) is 0.714. The zero-order valence-corrected chi connectivity index (χ0v) is 5.83. The van der Waals surface area contributed by atoms with Crippen molar-refractivity contribution in [3.05, 3.63) is 0 Å². The molecule has 2 N–H and O–H groups in total. The third kappa shape index (κ3) is 0.865. The van der Waals surface area contributed by atoms with Crippen molar-refractivity contribution in [2.45, 2.75) is 25.3 Å². The van der Waals surface area contributed by atoms with E-state index >= 15 is 0 Å². The lowest BCUT2D eigenvalue weighted by Gasteiger charge is -2.31. The SMILES string of the molecule is NC1CC(C2=NN=CC2)C1. The lowest BCUT2D eigenvalue weighted by Crippen LogP contribution is -2.40. The Morgan fingerprint density at radius 3 is 2.80 bits per heavy atom. The van der Waals surface area contributed by atoms with Crippen molar-refractivity contribution in [1.29, 1.82) is 0 Å². The van der Waals surface area contributed by atoms with Crippen LogP contribution < -0.4 is 5.73 Å². The summed E-state index contributed by atoms with van der Waals surface area (Å²) in [5.41, 5.74) is 6.88. The Labute approximate surface area is 60.0 Å². The van der Waals surface area contributed by atoms with Crippen LogP contribution in [-0.4, -0.2) is 18.0 Å². The van der Waals surface area contributed by atoms with E-state index in [4.69, 9.17) is 5.73 Å². The summed E-state index contributed by atoms with van der Waals surface area (Å²) < 4.78 is 0. The van der Waals surface area contributed by atoms with Gasteiger partial charge in [0.2, 0.25) is 0 Å². The number of hydrogen-bond donors (Lipinski definition) is 1. The average Bonchev–Trinajstić information content (AvgIpc) is 2.31. The molecule has 0 atom stereocenters. The summed E-state index contributed by atoms with van der Waals surface area (Å²) in [5, 5.41) is 7.84. The van der Waals surface area contributed by atoms with Crippen LogP contribution in [0.2, 0.25) is 0 Å². The van der Waals surface area contributed by atoms with Crippen LogP contribution in [0.1, 0.15) is 19.3 Å².